The zero-order valence-corrected chi connectivity index (χ0v) is 18.0. The van der Waals surface area contributed by atoms with Crippen molar-refractivity contribution in [2.45, 2.75) is 56.5 Å². The summed E-state index contributed by atoms with van der Waals surface area (Å²) in [5.41, 5.74) is 0.634. The number of sulfonamides is 1. The summed E-state index contributed by atoms with van der Waals surface area (Å²) in [6, 6.07) is 7.42. The van der Waals surface area contributed by atoms with Crippen LogP contribution in [-0.4, -0.2) is 56.8 Å². The lowest BCUT2D eigenvalue weighted by atomic mass is 10.1. The molecule has 2 atom stereocenters. The van der Waals surface area contributed by atoms with E-state index in [1.807, 2.05) is 4.90 Å². The van der Waals surface area contributed by atoms with Crippen LogP contribution < -0.4 is 10.0 Å². The maximum Gasteiger partial charge on any atom is 0.263 e. The van der Waals surface area contributed by atoms with Gasteiger partial charge in [0.15, 0.2) is 0 Å². The number of carbonyl (C=O) groups is 1. The van der Waals surface area contributed by atoms with E-state index in [-0.39, 0.29) is 29.3 Å². The number of rotatable bonds is 6. The SMILES string of the molecule is CC1NCCN(C(=O)CCCCCN=C2NS(=O)(=O)c3ccccc32)C1C.Cl. The van der Waals surface area contributed by atoms with E-state index in [4.69, 9.17) is 0 Å². The number of nitrogens with one attached hydrogen (secondary N) is 2. The molecule has 0 aliphatic carbocycles. The summed E-state index contributed by atoms with van der Waals surface area (Å²) < 4.78 is 26.6. The van der Waals surface area contributed by atoms with E-state index in [1.54, 1.807) is 24.3 Å². The second-order valence-corrected chi connectivity index (χ2v) is 8.86. The number of fused-ring (bicyclic) bond motifs is 1. The summed E-state index contributed by atoms with van der Waals surface area (Å²) in [4.78, 5) is 19.1. The van der Waals surface area contributed by atoms with Gasteiger partial charge in [0.2, 0.25) is 5.91 Å². The van der Waals surface area contributed by atoms with Crippen molar-refractivity contribution in [1.29, 1.82) is 0 Å². The molecule has 1 aromatic rings. The van der Waals surface area contributed by atoms with Gasteiger partial charge in [0.05, 0.1) is 4.90 Å². The molecule has 0 radical (unpaired) electrons. The van der Waals surface area contributed by atoms with Crippen molar-refractivity contribution in [3.63, 3.8) is 0 Å². The number of carbonyl (C=O) groups excluding carboxylic acids is 1. The number of halogens is 1. The molecular formula is C19H29ClN4O3S. The third-order valence-electron chi connectivity index (χ3n) is 5.34. The Balaban J connectivity index is 0.00000280. The van der Waals surface area contributed by atoms with Crippen LogP contribution in [0.25, 0.3) is 0 Å². The second kappa shape index (κ2) is 9.71. The lowest BCUT2D eigenvalue weighted by Crippen LogP contribution is -2.57. The highest BCUT2D eigenvalue weighted by Gasteiger charge is 2.30. The molecule has 2 N–H and O–H groups in total. The molecule has 9 heteroatoms. The summed E-state index contributed by atoms with van der Waals surface area (Å²) in [7, 11) is -3.47. The molecule has 2 unspecified atom stereocenters. The Morgan fingerprint density at radius 3 is 2.75 bits per heavy atom. The number of amidine groups is 1. The van der Waals surface area contributed by atoms with Gasteiger partial charge in [-0.25, -0.2) is 8.42 Å². The van der Waals surface area contributed by atoms with E-state index in [9.17, 15) is 13.2 Å². The van der Waals surface area contributed by atoms with Gasteiger partial charge in [-0.05, 0) is 38.8 Å². The van der Waals surface area contributed by atoms with Crippen molar-refractivity contribution in [2.75, 3.05) is 19.6 Å². The van der Waals surface area contributed by atoms with Gasteiger partial charge in [-0.15, -0.1) is 12.4 Å². The molecule has 2 heterocycles. The molecule has 0 saturated carbocycles. The molecule has 2 aliphatic heterocycles. The topological polar surface area (TPSA) is 90.9 Å². The van der Waals surface area contributed by atoms with Crippen LogP contribution in [-0.2, 0) is 14.8 Å². The van der Waals surface area contributed by atoms with Crippen LogP contribution in [0.5, 0.6) is 0 Å². The molecule has 2 aliphatic rings. The standard InChI is InChI=1S/C19H28N4O3S.ClH/c1-14-15(2)23(13-12-20-14)18(24)10-4-3-7-11-21-19-16-8-5-6-9-17(16)27(25,26)22-19;/h5-6,8-9,14-15,20H,3-4,7,10-13H2,1-2H3,(H,21,22);1H. The number of benzene rings is 1. The maximum absolute atomic E-state index is 12.4. The molecule has 0 spiro atoms. The lowest BCUT2D eigenvalue weighted by Gasteiger charge is -2.38. The minimum absolute atomic E-state index is 0. The predicted octanol–water partition coefficient (Wildman–Crippen LogP) is 1.92. The Hall–Kier alpha value is -1.64. The van der Waals surface area contributed by atoms with Gasteiger partial charge in [-0.1, -0.05) is 18.6 Å². The first kappa shape index (κ1) is 22.6. The van der Waals surface area contributed by atoms with Crippen LogP contribution in [0.15, 0.2) is 34.2 Å². The van der Waals surface area contributed by atoms with Crippen molar-refractivity contribution in [3.05, 3.63) is 29.8 Å². The van der Waals surface area contributed by atoms with Crippen LogP contribution >= 0.6 is 12.4 Å². The van der Waals surface area contributed by atoms with E-state index in [1.165, 1.54) is 0 Å². The van der Waals surface area contributed by atoms with Crippen LogP contribution in [0.3, 0.4) is 0 Å². The smallest absolute Gasteiger partial charge is 0.263 e. The van der Waals surface area contributed by atoms with Crippen LogP contribution in [0.4, 0.5) is 0 Å². The van der Waals surface area contributed by atoms with E-state index in [0.717, 1.165) is 32.4 Å². The monoisotopic (exact) mass is 428 g/mol. The Morgan fingerprint density at radius 1 is 1.21 bits per heavy atom. The van der Waals surface area contributed by atoms with E-state index in [0.29, 0.717) is 30.4 Å². The summed E-state index contributed by atoms with van der Waals surface area (Å²) in [5.74, 6) is 0.643. The fraction of sp³-hybridized carbons (Fsp3) is 0.579. The van der Waals surface area contributed by atoms with Crippen molar-refractivity contribution < 1.29 is 13.2 Å². The first-order chi connectivity index (χ1) is 12.9. The van der Waals surface area contributed by atoms with Gasteiger partial charge < -0.3 is 10.2 Å². The third-order valence-corrected chi connectivity index (χ3v) is 6.73. The van der Waals surface area contributed by atoms with E-state index in [2.05, 4.69) is 28.9 Å². The number of aliphatic imine (C=N–C) groups is 1. The number of nitrogens with zero attached hydrogens (tertiary/aromatic N) is 2. The molecule has 0 aromatic heterocycles. The Morgan fingerprint density at radius 2 is 1.96 bits per heavy atom. The quantitative estimate of drug-likeness (QED) is 0.677. The van der Waals surface area contributed by atoms with Crippen molar-refractivity contribution in [3.8, 4) is 0 Å². The first-order valence-corrected chi connectivity index (χ1v) is 11.1. The third kappa shape index (κ3) is 5.04. The summed E-state index contributed by atoms with van der Waals surface area (Å²) in [6.45, 7) is 6.37. The van der Waals surface area contributed by atoms with Gasteiger partial charge >= 0.3 is 0 Å². The molecule has 1 saturated heterocycles. The van der Waals surface area contributed by atoms with Crippen molar-refractivity contribution >= 4 is 34.2 Å². The minimum atomic E-state index is -3.47. The first-order valence-electron chi connectivity index (χ1n) is 9.59. The summed E-state index contributed by atoms with van der Waals surface area (Å²) in [5, 5.41) is 3.38. The minimum Gasteiger partial charge on any atom is -0.337 e. The Bertz CT molecular complexity index is 828. The largest absolute Gasteiger partial charge is 0.337 e. The van der Waals surface area contributed by atoms with Crippen molar-refractivity contribution in [2.24, 2.45) is 4.99 Å². The molecule has 0 bridgehead atoms. The van der Waals surface area contributed by atoms with Gasteiger partial charge in [0.1, 0.15) is 5.84 Å². The lowest BCUT2D eigenvalue weighted by molar-refractivity contribution is -0.135. The molecule has 156 valence electrons. The highest BCUT2D eigenvalue weighted by molar-refractivity contribution is 7.90. The van der Waals surface area contributed by atoms with Crippen LogP contribution in [0.2, 0.25) is 0 Å². The normalized spacial score (nSPS) is 24.4. The fourth-order valence-corrected chi connectivity index (χ4v) is 4.81. The zero-order valence-electron chi connectivity index (χ0n) is 16.3. The molecule has 1 aromatic carbocycles. The Kier molecular flexibility index (Phi) is 7.86. The molecule has 1 amide bonds. The summed E-state index contributed by atoms with van der Waals surface area (Å²) >= 11 is 0. The zero-order chi connectivity index (χ0) is 19.4. The van der Waals surface area contributed by atoms with Crippen molar-refractivity contribution in [1.82, 2.24) is 14.9 Å². The van der Waals surface area contributed by atoms with Gasteiger partial charge in [-0.3, -0.25) is 14.5 Å². The van der Waals surface area contributed by atoms with Crippen LogP contribution in [0.1, 0.15) is 45.1 Å². The number of amides is 1. The average Bonchev–Trinajstić information content (AvgIpc) is 2.91. The van der Waals surface area contributed by atoms with E-state index < -0.39 is 10.0 Å². The molecular weight excluding hydrogens is 400 g/mol. The predicted molar refractivity (Wildman–Crippen MR) is 113 cm³/mol. The summed E-state index contributed by atoms with van der Waals surface area (Å²) in [6.07, 6.45) is 3.11. The molecule has 7 nitrogen and oxygen atoms in total. The molecule has 28 heavy (non-hydrogen) atoms. The highest BCUT2D eigenvalue weighted by Crippen LogP contribution is 2.22. The van der Waals surface area contributed by atoms with E-state index >= 15 is 0 Å². The molecule has 1 fully saturated rings. The number of unbranched alkanes of at least 4 members (excludes halogenated alkanes) is 2. The van der Waals surface area contributed by atoms with Gasteiger partial charge in [0.25, 0.3) is 10.0 Å². The number of piperazine rings is 1. The van der Waals surface area contributed by atoms with Crippen LogP contribution in [0, 0.1) is 0 Å². The highest BCUT2D eigenvalue weighted by atomic mass is 35.5. The van der Waals surface area contributed by atoms with Gasteiger partial charge in [-0.2, -0.15) is 0 Å². The molecule has 3 rings (SSSR count). The number of hydrogen-bond acceptors (Lipinski definition) is 5. The maximum atomic E-state index is 12.4. The van der Waals surface area contributed by atoms with Gasteiger partial charge in [0, 0.05) is 43.7 Å². The second-order valence-electron chi connectivity index (χ2n) is 7.21. The number of hydrogen-bond donors (Lipinski definition) is 2. The Labute approximate surface area is 173 Å². The fourth-order valence-electron chi connectivity index (χ4n) is 3.56. The average molecular weight is 429 g/mol.